The lowest BCUT2D eigenvalue weighted by Crippen LogP contribution is -2.94. The van der Waals surface area contributed by atoms with Crippen LogP contribution >= 0.6 is 0 Å². The van der Waals surface area contributed by atoms with E-state index in [1.54, 1.807) is 12.2 Å². The molecule has 3 rings (SSSR count). The van der Waals surface area contributed by atoms with Gasteiger partial charge in [0, 0.05) is 28.2 Å². The molecule has 24 heavy (non-hydrogen) atoms. The predicted octanol–water partition coefficient (Wildman–Crippen LogP) is 0.247. The summed E-state index contributed by atoms with van der Waals surface area (Å²) in [6.45, 7) is 2.55. The van der Waals surface area contributed by atoms with Crippen LogP contribution in [0.4, 0.5) is 0 Å². The molecule has 0 saturated carbocycles. The molecule has 0 aliphatic carbocycles. The molecular weight excluding hydrogens is 304 g/mol. The summed E-state index contributed by atoms with van der Waals surface area (Å²) >= 11 is 0. The van der Waals surface area contributed by atoms with Gasteiger partial charge in [0.15, 0.2) is 0 Å². The number of benzene rings is 2. The van der Waals surface area contributed by atoms with Crippen LogP contribution in [0.25, 0.3) is 21.8 Å². The summed E-state index contributed by atoms with van der Waals surface area (Å²) in [6.07, 6.45) is -0.164. The third-order valence-corrected chi connectivity index (χ3v) is 4.51. The second-order valence-electron chi connectivity index (χ2n) is 6.10. The van der Waals surface area contributed by atoms with Crippen molar-refractivity contribution < 1.29 is 20.3 Å². The molecular formula is C19H22N2O3. The zero-order chi connectivity index (χ0) is 17.1. The number of carboxylic acids is 1. The smallest absolute Gasteiger partial charge is 0.126 e. The van der Waals surface area contributed by atoms with E-state index in [2.05, 4.69) is 16.7 Å². The minimum Gasteiger partial charge on any atom is -0.544 e. The first-order chi connectivity index (χ1) is 11.6. The molecule has 0 radical (unpaired) electrons. The molecule has 126 valence electrons. The first kappa shape index (κ1) is 16.5. The Bertz CT molecular complexity index is 803. The molecule has 0 aliphatic rings. The van der Waals surface area contributed by atoms with Gasteiger partial charge in [-0.2, -0.15) is 0 Å². The number of aliphatic carboxylic acids is 1. The van der Waals surface area contributed by atoms with Crippen molar-refractivity contribution in [2.45, 2.75) is 32.0 Å². The number of nitrogens with two attached hydrogens (primary N) is 1. The fourth-order valence-electron chi connectivity index (χ4n) is 3.24. The first-order valence-electron chi connectivity index (χ1n) is 8.30. The van der Waals surface area contributed by atoms with Crippen LogP contribution in [-0.2, 0) is 11.3 Å². The molecule has 0 bridgehead atoms. The molecule has 0 saturated heterocycles. The average molecular weight is 326 g/mol. The highest BCUT2D eigenvalue weighted by Gasteiger charge is 2.17. The van der Waals surface area contributed by atoms with Crippen LogP contribution in [0, 0.1) is 0 Å². The van der Waals surface area contributed by atoms with Gasteiger partial charge in [0.05, 0.1) is 12.5 Å². The van der Waals surface area contributed by atoms with Gasteiger partial charge in [-0.3, -0.25) is 0 Å². The Morgan fingerprint density at radius 1 is 1.12 bits per heavy atom. The number of fused-ring (bicyclic) bond motifs is 3. The van der Waals surface area contributed by atoms with Crippen molar-refractivity contribution in [2.24, 2.45) is 0 Å². The van der Waals surface area contributed by atoms with E-state index in [1.807, 2.05) is 36.4 Å². The van der Waals surface area contributed by atoms with Crippen molar-refractivity contribution in [3.8, 4) is 0 Å². The zero-order valence-corrected chi connectivity index (χ0v) is 13.7. The molecule has 2 aromatic carbocycles. The van der Waals surface area contributed by atoms with E-state index in [-0.39, 0.29) is 0 Å². The molecule has 0 spiro atoms. The quantitative estimate of drug-likeness (QED) is 0.653. The fourth-order valence-corrected chi connectivity index (χ4v) is 3.24. The fraction of sp³-hybridized carbons (Fsp3) is 0.316. The Morgan fingerprint density at radius 3 is 2.17 bits per heavy atom. The van der Waals surface area contributed by atoms with Gasteiger partial charge in [0.25, 0.3) is 0 Å². The van der Waals surface area contributed by atoms with Crippen LogP contribution in [0.5, 0.6) is 0 Å². The number of carbonyl (C=O) groups is 1. The van der Waals surface area contributed by atoms with Gasteiger partial charge in [-0.05, 0) is 12.1 Å². The molecule has 5 heteroatoms. The third-order valence-electron chi connectivity index (χ3n) is 4.51. The molecule has 3 N–H and O–H groups in total. The van der Waals surface area contributed by atoms with E-state index in [1.165, 1.54) is 0 Å². The maximum absolute atomic E-state index is 11.0. The molecule has 0 aliphatic heterocycles. The van der Waals surface area contributed by atoms with E-state index >= 15 is 0 Å². The van der Waals surface area contributed by atoms with E-state index in [9.17, 15) is 15.0 Å². The van der Waals surface area contributed by atoms with Crippen molar-refractivity contribution >= 4 is 27.8 Å². The highest BCUT2D eigenvalue weighted by Crippen LogP contribution is 2.28. The zero-order valence-electron chi connectivity index (χ0n) is 13.7. The predicted molar refractivity (Wildman–Crippen MR) is 91.3 cm³/mol. The van der Waals surface area contributed by atoms with Gasteiger partial charge in [0.2, 0.25) is 0 Å². The summed E-state index contributed by atoms with van der Waals surface area (Å²) in [4.78, 5) is 11.0. The molecule has 0 amide bonds. The molecule has 2 atom stereocenters. The number of hydrogen-bond acceptors (Lipinski definition) is 3. The summed E-state index contributed by atoms with van der Waals surface area (Å²) in [5.41, 5.74) is 2.15. The number of aliphatic hydroxyl groups excluding tert-OH is 1. The van der Waals surface area contributed by atoms with Crippen LogP contribution in [0.1, 0.15) is 13.3 Å². The Morgan fingerprint density at radius 2 is 1.67 bits per heavy atom. The summed E-state index contributed by atoms with van der Waals surface area (Å²) in [5, 5.41) is 25.3. The van der Waals surface area contributed by atoms with Crippen LogP contribution in [0.3, 0.4) is 0 Å². The summed E-state index contributed by atoms with van der Waals surface area (Å²) in [6, 6.07) is 15.6. The maximum atomic E-state index is 11.0. The molecule has 0 unspecified atom stereocenters. The number of quaternary nitrogens is 1. The van der Waals surface area contributed by atoms with E-state index in [4.69, 9.17) is 0 Å². The number of carboxylic acid groups (broad SMARTS) is 1. The van der Waals surface area contributed by atoms with Gasteiger partial charge in [-0.15, -0.1) is 0 Å². The second-order valence-corrected chi connectivity index (χ2v) is 6.10. The van der Waals surface area contributed by atoms with Crippen LogP contribution in [0.2, 0.25) is 0 Å². The highest BCUT2D eigenvalue weighted by atomic mass is 16.4. The van der Waals surface area contributed by atoms with Gasteiger partial charge < -0.3 is 24.9 Å². The number of hydrogen-bond donors (Lipinski definition) is 2. The Kier molecular flexibility index (Phi) is 4.83. The maximum Gasteiger partial charge on any atom is 0.126 e. The third kappa shape index (κ3) is 3.13. The minimum atomic E-state index is -1.08. The number of nitrogens with zero attached hydrogens (tertiary/aromatic N) is 1. The summed E-state index contributed by atoms with van der Waals surface area (Å²) in [5.74, 6) is -1.08. The number of rotatable bonds is 7. The Labute approximate surface area is 140 Å². The number of aromatic nitrogens is 1. The van der Waals surface area contributed by atoms with Crippen LogP contribution in [-0.4, -0.2) is 34.3 Å². The van der Waals surface area contributed by atoms with Crippen molar-refractivity contribution in [3.05, 3.63) is 48.5 Å². The lowest BCUT2D eigenvalue weighted by atomic mass is 10.2. The average Bonchev–Trinajstić information content (AvgIpc) is 2.90. The normalized spacial score (nSPS) is 14.1. The number of aliphatic hydroxyl groups is 1. The number of carbonyl (C=O) groups excluding carboxylic acids is 1. The van der Waals surface area contributed by atoms with Gasteiger partial charge >= 0.3 is 0 Å². The van der Waals surface area contributed by atoms with Gasteiger partial charge in [0.1, 0.15) is 18.7 Å². The van der Waals surface area contributed by atoms with Gasteiger partial charge in [-0.1, -0.05) is 43.3 Å². The SMILES string of the molecule is CC[C@@H]([NH2+]C[C@H](O)Cn1c2ccccc2c2ccccc21)C(=O)[O-]. The van der Waals surface area contributed by atoms with Crippen molar-refractivity contribution in [1.29, 1.82) is 0 Å². The molecule has 1 aromatic heterocycles. The van der Waals surface area contributed by atoms with Crippen LogP contribution in [0.15, 0.2) is 48.5 Å². The molecule has 3 aromatic rings. The Balaban J connectivity index is 1.85. The van der Waals surface area contributed by atoms with Crippen molar-refractivity contribution in [3.63, 3.8) is 0 Å². The van der Waals surface area contributed by atoms with E-state index < -0.39 is 18.1 Å². The van der Waals surface area contributed by atoms with E-state index in [0.717, 1.165) is 21.8 Å². The monoisotopic (exact) mass is 326 g/mol. The lowest BCUT2D eigenvalue weighted by molar-refractivity contribution is -0.689. The largest absolute Gasteiger partial charge is 0.544 e. The minimum absolute atomic E-state index is 0.327. The van der Waals surface area contributed by atoms with E-state index in [0.29, 0.717) is 19.5 Å². The highest BCUT2D eigenvalue weighted by molar-refractivity contribution is 6.07. The molecule has 1 heterocycles. The lowest BCUT2D eigenvalue weighted by Gasteiger charge is -2.18. The molecule has 5 nitrogen and oxygen atoms in total. The Hall–Kier alpha value is -2.37. The summed E-state index contributed by atoms with van der Waals surface area (Å²) in [7, 11) is 0. The summed E-state index contributed by atoms with van der Waals surface area (Å²) < 4.78 is 2.10. The van der Waals surface area contributed by atoms with Crippen molar-refractivity contribution in [1.82, 2.24) is 4.57 Å². The van der Waals surface area contributed by atoms with Gasteiger partial charge in [-0.25, -0.2) is 0 Å². The number of para-hydroxylation sites is 2. The van der Waals surface area contributed by atoms with Crippen LogP contribution < -0.4 is 10.4 Å². The first-order valence-corrected chi connectivity index (χ1v) is 8.30. The standard InChI is InChI=1S/C19H22N2O3/c1-2-16(19(23)24)20-11-13(22)12-21-17-9-5-3-7-14(17)15-8-4-6-10-18(15)21/h3-10,13,16,20,22H,2,11-12H2,1H3,(H,23,24)/t13-,16+/m0/s1. The second kappa shape index (κ2) is 7.03. The van der Waals surface area contributed by atoms with Crippen molar-refractivity contribution in [2.75, 3.05) is 6.54 Å². The topological polar surface area (TPSA) is 81.9 Å². The molecule has 0 fully saturated rings.